The number of piperidine rings is 1. The number of ether oxygens (including phenoxy) is 2. The molecule has 2 fully saturated rings. The van der Waals surface area contributed by atoms with Crippen molar-refractivity contribution in [3.63, 3.8) is 0 Å². The monoisotopic (exact) mass is 255 g/mol. The summed E-state index contributed by atoms with van der Waals surface area (Å²) >= 11 is 0. The summed E-state index contributed by atoms with van der Waals surface area (Å²) in [7, 11) is 1.40. The number of rotatable bonds is 2. The van der Waals surface area contributed by atoms with E-state index in [4.69, 9.17) is 9.47 Å². The van der Waals surface area contributed by atoms with E-state index in [1.165, 1.54) is 7.11 Å². The van der Waals surface area contributed by atoms with Crippen LogP contribution in [-0.4, -0.2) is 49.7 Å². The van der Waals surface area contributed by atoms with Gasteiger partial charge in [-0.2, -0.15) is 0 Å². The van der Waals surface area contributed by atoms with Crippen LogP contribution in [0.5, 0.6) is 0 Å². The summed E-state index contributed by atoms with van der Waals surface area (Å²) in [6.45, 7) is 3.74. The minimum absolute atomic E-state index is 0.0311. The average Bonchev–Trinajstić information content (AvgIpc) is 2.83. The Kier molecular flexibility index (Phi) is 4.22. The Morgan fingerprint density at radius 2 is 2.11 bits per heavy atom. The summed E-state index contributed by atoms with van der Waals surface area (Å²) in [5.74, 6) is -0.264. The van der Waals surface area contributed by atoms with Crippen LogP contribution >= 0.6 is 0 Å². The van der Waals surface area contributed by atoms with Crippen molar-refractivity contribution in [1.29, 1.82) is 0 Å². The van der Waals surface area contributed by atoms with Crippen molar-refractivity contribution in [2.24, 2.45) is 11.8 Å². The molecular formula is C13H21NO4. The van der Waals surface area contributed by atoms with E-state index in [2.05, 4.69) is 0 Å². The average molecular weight is 255 g/mol. The fourth-order valence-electron chi connectivity index (χ4n) is 2.78. The highest BCUT2D eigenvalue weighted by atomic mass is 16.5. The second kappa shape index (κ2) is 5.69. The van der Waals surface area contributed by atoms with Crippen LogP contribution in [0.4, 0.5) is 0 Å². The lowest BCUT2D eigenvalue weighted by molar-refractivity contribution is -0.149. The highest BCUT2D eigenvalue weighted by Crippen LogP contribution is 2.25. The summed E-state index contributed by atoms with van der Waals surface area (Å²) in [6, 6.07) is 0. The summed E-state index contributed by atoms with van der Waals surface area (Å²) in [6.07, 6.45) is 2.64. The Morgan fingerprint density at radius 1 is 1.33 bits per heavy atom. The van der Waals surface area contributed by atoms with E-state index in [1.54, 1.807) is 4.90 Å². The standard InChI is InChI=1S/C13H21NO4/c1-9-6-11(8-18-9)12(15)14-5-3-4-10(7-14)13(16)17-2/h9-11H,3-8H2,1-2H3. The molecule has 1 amide bonds. The minimum Gasteiger partial charge on any atom is -0.469 e. The lowest BCUT2D eigenvalue weighted by atomic mass is 9.96. The molecule has 5 heteroatoms. The quantitative estimate of drug-likeness (QED) is 0.686. The zero-order chi connectivity index (χ0) is 13.1. The number of amides is 1. The van der Waals surface area contributed by atoms with Gasteiger partial charge in [0.15, 0.2) is 0 Å². The Balaban J connectivity index is 1.92. The van der Waals surface area contributed by atoms with Gasteiger partial charge in [-0.05, 0) is 26.2 Å². The molecule has 3 atom stereocenters. The molecule has 2 aliphatic rings. The topological polar surface area (TPSA) is 55.8 Å². The number of likely N-dealkylation sites (tertiary alicyclic amines) is 1. The van der Waals surface area contributed by atoms with Crippen LogP contribution in [0.25, 0.3) is 0 Å². The van der Waals surface area contributed by atoms with Crippen molar-refractivity contribution in [2.45, 2.75) is 32.3 Å². The molecule has 0 bridgehead atoms. The van der Waals surface area contributed by atoms with Gasteiger partial charge in [-0.15, -0.1) is 0 Å². The first-order valence-corrected chi connectivity index (χ1v) is 6.60. The van der Waals surface area contributed by atoms with Crippen molar-refractivity contribution in [2.75, 3.05) is 26.8 Å². The number of nitrogens with zero attached hydrogens (tertiary/aromatic N) is 1. The number of carbonyl (C=O) groups is 2. The Bertz CT molecular complexity index is 331. The Morgan fingerprint density at radius 3 is 2.72 bits per heavy atom. The van der Waals surface area contributed by atoms with Crippen molar-refractivity contribution in [1.82, 2.24) is 4.90 Å². The number of methoxy groups -OCH3 is 1. The SMILES string of the molecule is COC(=O)C1CCCN(C(=O)C2COC(C)C2)C1. The predicted molar refractivity (Wildman–Crippen MR) is 64.8 cm³/mol. The predicted octanol–water partition coefficient (Wildman–Crippen LogP) is 0.823. The van der Waals surface area contributed by atoms with Gasteiger partial charge in [0, 0.05) is 13.1 Å². The molecular weight excluding hydrogens is 234 g/mol. The van der Waals surface area contributed by atoms with Crippen molar-refractivity contribution >= 4 is 11.9 Å². The summed E-state index contributed by atoms with van der Waals surface area (Å²) in [5, 5.41) is 0. The van der Waals surface area contributed by atoms with Gasteiger partial charge >= 0.3 is 5.97 Å². The molecule has 3 unspecified atom stereocenters. The van der Waals surface area contributed by atoms with Crippen LogP contribution in [-0.2, 0) is 19.1 Å². The zero-order valence-corrected chi connectivity index (χ0v) is 11.1. The first-order valence-electron chi connectivity index (χ1n) is 6.60. The summed E-state index contributed by atoms with van der Waals surface area (Å²) < 4.78 is 10.2. The molecule has 0 spiro atoms. The second-order valence-corrected chi connectivity index (χ2v) is 5.22. The largest absolute Gasteiger partial charge is 0.469 e. The maximum absolute atomic E-state index is 12.3. The fourth-order valence-corrected chi connectivity index (χ4v) is 2.78. The molecule has 0 aromatic rings. The third kappa shape index (κ3) is 2.83. The van der Waals surface area contributed by atoms with Gasteiger partial charge in [-0.3, -0.25) is 9.59 Å². The normalized spacial score (nSPS) is 32.3. The van der Waals surface area contributed by atoms with Crippen LogP contribution < -0.4 is 0 Å². The van der Waals surface area contributed by atoms with Gasteiger partial charge < -0.3 is 14.4 Å². The first kappa shape index (κ1) is 13.3. The van der Waals surface area contributed by atoms with E-state index >= 15 is 0 Å². The Labute approximate surface area is 107 Å². The summed E-state index contributed by atoms with van der Waals surface area (Å²) in [4.78, 5) is 25.6. The molecule has 0 aromatic carbocycles. The molecule has 5 nitrogen and oxygen atoms in total. The van der Waals surface area contributed by atoms with Gasteiger partial charge in [0.25, 0.3) is 0 Å². The maximum Gasteiger partial charge on any atom is 0.310 e. The van der Waals surface area contributed by atoms with Crippen LogP contribution in [0.3, 0.4) is 0 Å². The fraction of sp³-hybridized carbons (Fsp3) is 0.846. The molecule has 2 heterocycles. The molecule has 2 rings (SSSR count). The molecule has 102 valence electrons. The molecule has 0 N–H and O–H groups in total. The molecule has 18 heavy (non-hydrogen) atoms. The second-order valence-electron chi connectivity index (χ2n) is 5.22. The van der Waals surface area contributed by atoms with Crippen molar-refractivity contribution < 1.29 is 19.1 Å². The van der Waals surface area contributed by atoms with E-state index in [9.17, 15) is 9.59 Å². The number of hydrogen-bond acceptors (Lipinski definition) is 4. The van der Waals surface area contributed by atoms with E-state index in [1.807, 2.05) is 6.92 Å². The minimum atomic E-state index is -0.205. The molecule has 0 aliphatic carbocycles. The van der Waals surface area contributed by atoms with Crippen LogP contribution in [0, 0.1) is 11.8 Å². The number of carbonyl (C=O) groups excluding carboxylic acids is 2. The van der Waals surface area contributed by atoms with Crippen LogP contribution in [0.15, 0.2) is 0 Å². The molecule has 0 saturated carbocycles. The van der Waals surface area contributed by atoms with Gasteiger partial charge in [0.2, 0.25) is 5.91 Å². The zero-order valence-electron chi connectivity index (χ0n) is 11.1. The first-order chi connectivity index (χ1) is 8.61. The van der Waals surface area contributed by atoms with Gasteiger partial charge in [-0.1, -0.05) is 0 Å². The number of hydrogen-bond donors (Lipinski definition) is 0. The van der Waals surface area contributed by atoms with Gasteiger partial charge in [-0.25, -0.2) is 0 Å². The van der Waals surface area contributed by atoms with Crippen LogP contribution in [0.1, 0.15) is 26.2 Å². The van der Waals surface area contributed by atoms with E-state index < -0.39 is 0 Å². The highest BCUT2D eigenvalue weighted by Gasteiger charge is 2.35. The van der Waals surface area contributed by atoms with Crippen molar-refractivity contribution in [3.05, 3.63) is 0 Å². The van der Waals surface area contributed by atoms with Crippen molar-refractivity contribution in [3.8, 4) is 0 Å². The molecule has 2 aliphatic heterocycles. The van der Waals surface area contributed by atoms with Gasteiger partial charge in [0.1, 0.15) is 0 Å². The summed E-state index contributed by atoms with van der Waals surface area (Å²) in [5.41, 5.74) is 0. The van der Waals surface area contributed by atoms with E-state index in [0.29, 0.717) is 13.2 Å². The molecule has 2 saturated heterocycles. The third-order valence-electron chi connectivity index (χ3n) is 3.82. The molecule has 0 aromatic heterocycles. The maximum atomic E-state index is 12.3. The van der Waals surface area contributed by atoms with E-state index in [-0.39, 0.29) is 29.8 Å². The van der Waals surface area contributed by atoms with Crippen LogP contribution in [0.2, 0.25) is 0 Å². The smallest absolute Gasteiger partial charge is 0.310 e. The highest BCUT2D eigenvalue weighted by molar-refractivity contribution is 5.80. The Hall–Kier alpha value is -1.10. The number of esters is 1. The molecule has 0 radical (unpaired) electrons. The van der Waals surface area contributed by atoms with E-state index in [0.717, 1.165) is 25.8 Å². The third-order valence-corrected chi connectivity index (χ3v) is 3.82. The lowest BCUT2D eigenvalue weighted by Gasteiger charge is -2.32. The van der Waals surface area contributed by atoms with Gasteiger partial charge in [0.05, 0.1) is 31.7 Å². The lowest BCUT2D eigenvalue weighted by Crippen LogP contribution is -2.45.